The maximum Gasteiger partial charge on any atom is 0.235 e. The summed E-state index contributed by atoms with van der Waals surface area (Å²) in [6.07, 6.45) is 5.28. The number of amides is 1. The SMILES string of the molecule is O=C(Nc1ccccc1)C1C=CC(O)(O)C=C1. The highest BCUT2D eigenvalue weighted by atomic mass is 16.5. The summed E-state index contributed by atoms with van der Waals surface area (Å²) in [6.45, 7) is 0. The number of anilines is 1. The first kappa shape index (κ1) is 11.6. The average molecular weight is 231 g/mol. The molecule has 0 atom stereocenters. The molecule has 88 valence electrons. The quantitative estimate of drug-likeness (QED) is 0.526. The number of rotatable bonds is 2. The first-order valence-corrected chi connectivity index (χ1v) is 5.26. The Bertz CT molecular complexity index is 447. The Morgan fingerprint density at radius 1 is 1.12 bits per heavy atom. The normalized spacial score (nSPS) is 18.0. The second kappa shape index (κ2) is 4.53. The molecular weight excluding hydrogens is 218 g/mol. The van der Waals surface area contributed by atoms with Crippen LogP contribution in [0.25, 0.3) is 0 Å². The van der Waals surface area contributed by atoms with Gasteiger partial charge in [-0.05, 0) is 24.3 Å². The van der Waals surface area contributed by atoms with Crippen LogP contribution in [0.4, 0.5) is 5.69 Å². The summed E-state index contributed by atoms with van der Waals surface area (Å²) in [7, 11) is 0. The Morgan fingerprint density at radius 2 is 1.71 bits per heavy atom. The van der Waals surface area contributed by atoms with Crippen molar-refractivity contribution in [1.82, 2.24) is 0 Å². The van der Waals surface area contributed by atoms with E-state index in [0.29, 0.717) is 5.69 Å². The Labute approximate surface area is 98.9 Å². The van der Waals surface area contributed by atoms with Gasteiger partial charge < -0.3 is 15.5 Å². The molecule has 1 aliphatic carbocycles. The first-order chi connectivity index (χ1) is 8.07. The highest BCUT2D eigenvalue weighted by Crippen LogP contribution is 2.17. The monoisotopic (exact) mass is 231 g/mol. The van der Waals surface area contributed by atoms with Crippen molar-refractivity contribution in [2.24, 2.45) is 5.92 Å². The van der Waals surface area contributed by atoms with E-state index < -0.39 is 11.7 Å². The lowest BCUT2D eigenvalue weighted by molar-refractivity contribution is -0.117. The third kappa shape index (κ3) is 3.03. The largest absolute Gasteiger partial charge is 0.359 e. The van der Waals surface area contributed by atoms with Crippen molar-refractivity contribution in [3.8, 4) is 0 Å². The van der Waals surface area contributed by atoms with Crippen molar-refractivity contribution in [3.05, 3.63) is 54.6 Å². The van der Waals surface area contributed by atoms with Crippen molar-refractivity contribution in [2.45, 2.75) is 5.79 Å². The van der Waals surface area contributed by atoms with Crippen molar-refractivity contribution < 1.29 is 15.0 Å². The van der Waals surface area contributed by atoms with E-state index in [4.69, 9.17) is 0 Å². The molecule has 2 rings (SSSR count). The molecule has 0 aliphatic heterocycles. The molecule has 1 amide bonds. The predicted octanol–water partition coefficient (Wildman–Crippen LogP) is 1.05. The molecule has 0 saturated heterocycles. The third-order valence-electron chi connectivity index (χ3n) is 2.44. The number of hydrogen-bond acceptors (Lipinski definition) is 3. The van der Waals surface area contributed by atoms with Crippen LogP contribution in [-0.2, 0) is 4.79 Å². The van der Waals surface area contributed by atoms with Gasteiger partial charge in [0.1, 0.15) is 0 Å². The maximum atomic E-state index is 11.8. The van der Waals surface area contributed by atoms with Gasteiger partial charge in [0, 0.05) is 5.69 Å². The van der Waals surface area contributed by atoms with Gasteiger partial charge in [0.25, 0.3) is 0 Å². The van der Waals surface area contributed by atoms with Gasteiger partial charge in [-0.25, -0.2) is 0 Å². The smallest absolute Gasteiger partial charge is 0.235 e. The number of carbonyl (C=O) groups is 1. The van der Waals surface area contributed by atoms with Crippen molar-refractivity contribution in [2.75, 3.05) is 5.32 Å². The summed E-state index contributed by atoms with van der Waals surface area (Å²) in [6, 6.07) is 9.10. The molecule has 0 fully saturated rings. The molecule has 0 saturated carbocycles. The molecule has 1 aromatic rings. The molecule has 0 heterocycles. The number of benzene rings is 1. The number of carbonyl (C=O) groups excluding carboxylic acids is 1. The second-order valence-corrected chi connectivity index (χ2v) is 3.88. The van der Waals surface area contributed by atoms with Crippen LogP contribution in [0, 0.1) is 5.92 Å². The van der Waals surface area contributed by atoms with E-state index >= 15 is 0 Å². The average Bonchev–Trinajstić information content (AvgIpc) is 2.30. The summed E-state index contributed by atoms with van der Waals surface area (Å²) in [5.41, 5.74) is 0.712. The molecular formula is C13H13NO3. The molecule has 3 N–H and O–H groups in total. The van der Waals surface area contributed by atoms with E-state index in [2.05, 4.69) is 5.32 Å². The lowest BCUT2D eigenvalue weighted by Gasteiger charge is -2.19. The molecule has 1 aliphatic rings. The van der Waals surface area contributed by atoms with Crippen molar-refractivity contribution in [1.29, 1.82) is 0 Å². The van der Waals surface area contributed by atoms with Gasteiger partial charge in [0.2, 0.25) is 11.7 Å². The number of nitrogens with one attached hydrogen (secondary N) is 1. The Balaban J connectivity index is 2.01. The lowest BCUT2D eigenvalue weighted by Crippen LogP contribution is -2.28. The summed E-state index contributed by atoms with van der Waals surface area (Å²) < 4.78 is 0. The fraction of sp³-hybridized carbons (Fsp3) is 0.154. The number of hydrogen-bond donors (Lipinski definition) is 3. The van der Waals surface area contributed by atoms with E-state index in [1.807, 2.05) is 18.2 Å². The van der Waals surface area contributed by atoms with Crippen LogP contribution in [-0.4, -0.2) is 21.9 Å². The van der Waals surface area contributed by atoms with Crippen LogP contribution < -0.4 is 5.32 Å². The maximum absolute atomic E-state index is 11.8. The summed E-state index contributed by atoms with van der Waals surface area (Å²) in [4.78, 5) is 11.8. The highest BCUT2D eigenvalue weighted by molar-refractivity contribution is 5.95. The first-order valence-electron chi connectivity index (χ1n) is 5.26. The van der Waals surface area contributed by atoms with Crippen LogP contribution >= 0.6 is 0 Å². The van der Waals surface area contributed by atoms with E-state index in [9.17, 15) is 15.0 Å². The Hall–Kier alpha value is -1.91. The molecule has 4 nitrogen and oxygen atoms in total. The summed E-state index contributed by atoms with van der Waals surface area (Å²) in [5, 5.41) is 21.2. The zero-order valence-corrected chi connectivity index (χ0v) is 9.08. The standard InChI is InChI=1S/C13H13NO3/c15-12(14-11-4-2-1-3-5-11)10-6-8-13(16,17)9-7-10/h1-10,16-17H,(H,14,15). The van der Waals surface area contributed by atoms with Crippen LogP contribution in [0.1, 0.15) is 0 Å². The molecule has 0 aromatic heterocycles. The lowest BCUT2D eigenvalue weighted by atomic mass is 9.99. The number of aliphatic hydroxyl groups is 2. The topological polar surface area (TPSA) is 69.6 Å². The van der Waals surface area contributed by atoms with E-state index in [-0.39, 0.29) is 5.91 Å². The fourth-order valence-corrected chi connectivity index (χ4v) is 1.53. The molecule has 0 radical (unpaired) electrons. The minimum atomic E-state index is -1.94. The van der Waals surface area contributed by atoms with Gasteiger partial charge in [-0.2, -0.15) is 0 Å². The van der Waals surface area contributed by atoms with Gasteiger partial charge in [0.15, 0.2) is 0 Å². The van der Waals surface area contributed by atoms with E-state index in [0.717, 1.165) is 0 Å². The zero-order chi connectivity index (χ0) is 12.3. The van der Waals surface area contributed by atoms with Gasteiger partial charge >= 0.3 is 0 Å². The molecule has 4 heteroatoms. The highest BCUT2D eigenvalue weighted by Gasteiger charge is 2.23. The Morgan fingerprint density at radius 3 is 2.29 bits per heavy atom. The van der Waals surface area contributed by atoms with Crippen LogP contribution in [0.5, 0.6) is 0 Å². The Kier molecular flexibility index (Phi) is 3.08. The third-order valence-corrected chi connectivity index (χ3v) is 2.44. The van der Waals surface area contributed by atoms with Crippen LogP contribution in [0.3, 0.4) is 0 Å². The minimum Gasteiger partial charge on any atom is -0.359 e. The van der Waals surface area contributed by atoms with E-state index in [1.54, 1.807) is 12.1 Å². The van der Waals surface area contributed by atoms with Crippen LogP contribution in [0.15, 0.2) is 54.6 Å². The number of para-hydroxylation sites is 1. The van der Waals surface area contributed by atoms with Gasteiger partial charge in [-0.3, -0.25) is 4.79 Å². The van der Waals surface area contributed by atoms with Crippen molar-refractivity contribution in [3.63, 3.8) is 0 Å². The van der Waals surface area contributed by atoms with Crippen LogP contribution in [0.2, 0.25) is 0 Å². The minimum absolute atomic E-state index is 0.209. The molecule has 17 heavy (non-hydrogen) atoms. The molecule has 0 unspecified atom stereocenters. The second-order valence-electron chi connectivity index (χ2n) is 3.88. The van der Waals surface area contributed by atoms with Gasteiger partial charge in [0.05, 0.1) is 5.92 Å². The fourth-order valence-electron chi connectivity index (χ4n) is 1.53. The molecule has 0 spiro atoms. The molecule has 0 bridgehead atoms. The van der Waals surface area contributed by atoms with Crippen molar-refractivity contribution >= 4 is 11.6 Å². The summed E-state index contributed by atoms with van der Waals surface area (Å²) >= 11 is 0. The van der Waals surface area contributed by atoms with E-state index in [1.165, 1.54) is 24.3 Å². The van der Waals surface area contributed by atoms with Gasteiger partial charge in [-0.1, -0.05) is 30.4 Å². The zero-order valence-electron chi connectivity index (χ0n) is 9.08. The summed E-state index contributed by atoms with van der Waals surface area (Å²) in [5.74, 6) is -2.63. The molecule has 1 aromatic carbocycles. The predicted molar refractivity (Wildman–Crippen MR) is 64.0 cm³/mol. The van der Waals surface area contributed by atoms with Gasteiger partial charge in [-0.15, -0.1) is 0 Å².